The molecule has 7 heteroatoms. The SMILES string of the molecule is CCCO[C@@H]1C[C@@H](C(=O)NC2CC2)CC[C@H]1NS(=O)(=O)c1cccc(C)c1. The van der Waals surface area contributed by atoms with Crippen LogP contribution < -0.4 is 10.0 Å². The van der Waals surface area contributed by atoms with E-state index in [9.17, 15) is 13.2 Å². The predicted octanol–water partition coefficient (Wildman–Crippen LogP) is 2.52. The lowest BCUT2D eigenvalue weighted by atomic mass is 9.83. The molecule has 1 aromatic carbocycles. The Bertz CT molecular complexity index is 761. The van der Waals surface area contributed by atoms with E-state index in [1.54, 1.807) is 18.2 Å². The van der Waals surface area contributed by atoms with Crippen molar-refractivity contribution in [3.8, 4) is 0 Å². The van der Waals surface area contributed by atoms with Gasteiger partial charge in [-0.3, -0.25) is 4.79 Å². The van der Waals surface area contributed by atoms with Gasteiger partial charge in [0.05, 0.1) is 11.0 Å². The second-order valence-corrected chi connectivity index (χ2v) is 9.46. The first-order valence-corrected chi connectivity index (χ1v) is 11.4. The van der Waals surface area contributed by atoms with Crippen molar-refractivity contribution in [2.45, 2.75) is 75.5 Å². The number of rotatable bonds is 8. The molecule has 0 aliphatic heterocycles. The van der Waals surface area contributed by atoms with Gasteiger partial charge in [0.1, 0.15) is 0 Å². The normalized spacial score (nSPS) is 25.9. The first-order valence-electron chi connectivity index (χ1n) is 9.90. The third-order valence-corrected chi connectivity index (χ3v) is 6.72. The van der Waals surface area contributed by atoms with Gasteiger partial charge < -0.3 is 10.1 Å². The van der Waals surface area contributed by atoms with Crippen LogP contribution in [0, 0.1) is 12.8 Å². The number of carbonyl (C=O) groups is 1. The Kier molecular flexibility index (Phi) is 6.55. The molecule has 0 unspecified atom stereocenters. The molecule has 150 valence electrons. The lowest BCUT2D eigenvalue weighted by Gasteiger charge is -2.35. The number of sulfonamides is 1. The molecule has 1 aromatic rings. The summed E-state index contributed by atoms with van der Waals surface area (Å²) in [4.78, 5) is 12.7. The van der Waals surface area contributed by atoms with Crippen LogP contribution in [0.25, 0.3) is 0 Å². The summed E-state index contributed by atoms with van der Waals surface area (Å²) < 4.78 is 34.4. The second-order valence-electron chi connectivity index (χ2n) is 7.75. The number of benzene rings is 1. The molecule has 0 saturated heterocycles. The number of ether oxygens (including phenoxy) is 1. The molecule has 2 aliphatic rings. The molecular formula is C20H30N2O4S. The quantitative estimate of drug-likeness (QED) is 0.710. The van der Waals surface area contributed by atoms with Crippen LogP contribution in [0.5, 0.6) is 0 Å². The molecule has 3 atom stereocenters. The molecular weight excluding hydrogens is 364 g/mol. The average Bonchev–Trinajstić information content (AvgIpc) is 3.44. The van der Waals surface area contributed by atoms with E-state index in [0.717, 1.165) is 24.8 Å². The summed E-state index contributed by atoms with van der Waals surface area (Å²) in [7, 11) is -3.62. The van der Waals surface area contributed by atoms with Gasteiger partial charge >= 0.3 is 0 Å². The van der Waals surface area contributed by atoms with Gasteiger partial charge in [-0.15, -0.1) is 0 Å². The summed E-state index contributed by atoms with van der Waals surface area (Å²) in [5.74, 6) is -0.0187. The highest BCUT2D eigenvalue weighted by Gasteiger charge is 2.38. The molecule has 0 radical (unpaired) electrons. The van der Waals surface area contributed by atoms with E-state index < -0.39 is 10.0 Å². The fourth-order valence-electron chi connectivity index (χ4n) is 3.55. The minimum absolute atomic E-state index is 0.0857. The Balaban J connectivity index is 1.68. The smallest absolute Gasteiger partial charge is 0.240 e. The molecule has 2 saturated carbocycles. The Hall–Kier alpha value is -1.44. The van der Waals surface area contributed by atoms with Crippen molar-refractivity contribution in [2.24, 2.45) is 5.92 Å². The summed E-state index contributed by atoms with van der Waals surface area (Å²) in [5, 5.41) is 3.06. The molecule has 6 nitrogen and oxygen atoms in total. The number of nitrogens with one attached hydrogen (secondary N) is 2. The number of carbonyl (C=O) groups excluding carboxylic acids is 1. The molecule has 0 bridgehead atoms. The topological polar surface area (TPSA) is 84.5 Å². The molecule has 2 N–H and O–H groups in total. The molecule has 0 spiro atoms. The fourth-order valence-corrected chi connectivity index (χ4v) is 4.96. The van der Waals surface area contributed by atoms with Gasteiger partial charge in [-0.2, -0.15) is 0 Å². The van der Waals surface area contributed by atoms with Crippen molar-refractivity contribution in [3.63, 3.8) is 0 Å². The lowest BCUT2D eigenvalue weighted by Crippen LogP contribution is -2.50. The first kappa shape index (κ1) is 20.3. The highest BCUT2D eigenvalue weighted by molar-refractivity contribution is 7.89. The Morgan fingerprint density at radius 2 is 2.00 bits per heavy atom. The van der Waals surface area contributed by atoms with Crippen molar-refractivity contribution < 1.29 is 17.9 Å². The van der Waals surface area contributed by atoms with Gasteiger partial charge in [0, 0.05) is 24.6 Å². The zero-order valence-electron chi connectivity index (χ0n) is 16.1. The van der Waals surface area contributed by atoms with Crippen molar-refractivity contribution in [2.75, 3.05) is 6.61 Å². The molecule has 3 rings (SSSR count). The van der Waals surface area contributed by atoms with Gasteiger partial charge in [0.25, 0.3) is 0 Å². The Labute approximate surface area is 162 Å². The molecule has 27 heavy (non-hydrogen) atoms. The minimum atomic E-state index is -3.62. The van der Waals surface area contributed by atoms with Crippen molar-refractivity contribution in [3.05, 3.63) is 29.8 Å². The maximum absolute atomic E-state index is 12.8. The molecule has 2 aliphatic carbocycles. The van der Waals surface area contributed by atoms with E-state index >= 15 is 0 Å². The zero-order valence-corrected chi connectivity index (χ0v) is 16.9. The molecule has 0 heterocycles. The summed E-state index contributed by atoms with van der Waals surface area (Å²) in [6, 6.07) is 6.91. The lowest BCUT2D eigenvalue weighted by molar-refractivity contribution is -0.128. The summed E-state index contributed by atoms with van der Waals surface area (Å²) in [5.41, 5.74) is 0.900. The van der Waals surface area contributed by atoms with Gasteiger partial charge in [-0.25, -0.2) is 13.1 Å². The molecule has 1 amide bonds. The van der Waals surface area contributed by atoms with Crippen LogP contribution in [0.4, 0.5) is 0 Å². The van der Waals surface area contributed by atoms with Crippen LogP contribution in [0.15, 0.2) is 29.2 Å². The van der Waals surface area contributed by atoms with Crippen LogP contribution in [0.3, 0.4) is 0 Å². The fraction of sp³-hybridized carbons (Fsp3) is 0.650. The van der Waals surface area contributed by atoms with Crippen molar-refractivity contribution in [1.82, 2.24) is 10.0 Å². The average molecular weight is 395 g/mol. The summed E-state index contributed by atoms with van der Waals surface area (Å²) in [6.45, 7) is 4.45. The molecule has 2 fully saturated rings. The van der Waals surface area contributed by atoms with Gasteiger partial charge in [-0.05, 0) is 63.1 Å². The van der Waals surface area contributed by atoms with E-state index in [0.29, 0.717) is 31.9 Å². The van der Waals surface area contributed by atoms with E-state index in [2.05, 4.69) is 10.0 Å². The Morgan fingerprint density at radius 3 is 2.67 bits per heavy atom. The van der Waals surface area contributed by atoms with E-state index in [4.69, 9.17) is 4.74 Å². The zero-order chi connectivity index (χ0) is 19.4. The number of amides is 1. The van der Waals surface area contributed by atoms with E-state index in [1.165, 1.54) is 0 Å². The number of hydrogen-bond acceptors (Lipinski definition) is 4. The van der Waals surface area contributed by atoms with Crippen LogP contribution in [0.1, 0.15) is 51.0 Å². The third kappa shape index (κ3) is 5.53. The van der Waals surface area contributed by atoms with Crippen molar-refractivity contribution >= 4 is 15.9 Å². The summed E-state index contributed by atoms with van der Waals surface area (Å²) >= 11 is 0. The van der Waals surface area contributed by atoms with Crippen LogP contribution in [-0.2, 0) is 19.6 Å². The van der Waals surface area contributed by atoms with Gasteiger partial charge in [-0.1, -0.05) is 19.1 Å². The monoisotopic (exact) mass is 394 g/mol. The third-order valence-electron chi connectivity index (χ3n) is 5.23. The van der Waals surface area contributed by atoms with Crippen molar-refractivity contribution in [1.29, 1.82) is 0 Å². The largest absolute Gasteiger partial charge is 0.377 e. The second kappa shape index (κ2) is 8.71. The first-order chi connectivity index (χ1) is 12.9. The minimum Gasteiger partial charge on any atom is -0.377 e. The molecule has 0 aromatic heterocycles. The van der Waals surface area contributed by atoms with E-state index in [1.807, 2.05) is 19.9 Å². The standard InChI is InChI=1S/C20H30N2O4S/c1-3-11-26-19-13-15(20(23)21-16-8-9-16)7-10-18(19)22-27(24,25)17-6-4-5-14(2)12-17/h4-6,12,15-16,18-19,22H,3,7-11,13H2,1-2H3,(H,21,23)/t15-,18+,19+/m0/s1. The number of hydrogen-bond donors (Lipinski definition) is 2. The highest BCUT2D eigenvalue weighted by Crippen LogP contribution is 2.30. The maximum atomic E-state index is 12.8. The van der Waals surface area contributed by atoms with Crippen LogP contribution in [0.2, 0.25) is 0 Å². The Morgan fingerprint density at radius 1 is 1.22 bits per heavy atom. The van der Waals surface area contributed by atoms with Crippen LogP contribution >= 0.6 is 0 Å². The van der Waals surface area contributed by atoms with E-state index in [-0.39, 0.29) is 28.9 Å². The van der Waals surface area contributed by atoms with Crippen LogP contribution in [-0.4, -0.2) is 39.1 Å². The highest BCUT2D eigenvalue weighted by atomic mass is 32.2. The predicted molar refractivity (Wildman–Crippen MR) is 104 cm³/mol. The number of aryl methyl sites for hydroxylation is 1. The maximum Gasteiger partial charge on any atom is 0.240 e. The van der Waals surface area contributed by atoms with Gasteiger partial charge in [0.2, 0.25) is 15.9 Å². The van der Waals surface area contributed by atoms with Gasteiger partial charge in [0.15, 0.2) is 0 Å². The summed E-state index contributed by atoms with van der Waals surface area (Å²) in [6.07, 6.45) is 4.52.